The standard InChI is InChI=1S/C20H23IN2O3/c1-4-10-26-20-17(21)11-15(12-19(20)25-5-2)13-22-23-14-16-8-6-7-9-18(16)24-3/h4,6-9,11-13,23H,1,5,10,14H2,2-3H3/b22-13-. The van der Waals surface area contributed by atoms with E-state index in [1.807, 2.05) is 43.3 Å². The van der Waals surface area contributed by atoms with Crippen LogP contribution in [0.5, 0.6) is 17.2 Å². The number of nitrogens with zero attached hydrogens (tertiary/aromatic N) is 1. The number of halogens is 1. The molecule has 0 aliphatic heterocycles. The third-order valence-electron chi connectivity index (χ3n) is 3.44. The quantitative estimate of drug-likeness (QED) is 0.244. The largest absolute Gasteiger partial charge is 0.496 e. The van der Waals surface area contributed by atoms with Gasteiger partial charge in [-0.2, -0.15) is 5.10 Å². The number of hydrogen-bond acceptors (Lipinski definition) is 5. The van der Waals surface area contributed by atoms with Gasteiger partial charge in [-0.15, -0.1) is 0 Å². The molecule has 0 aliphatic rings. The Balaban J connectivity index is 2.08. The number of benzene rings is 2. The molecule has 0 heterocycles. The molecule has 0 bridgehead atoms. The fraction of sp³-hybridized carbons (Fsp3) is 0.250. The van der Waals surface area contributed by atoms with Crippen LogP contribution >= 0.6 is 22.6 Å². The van der Waals surface area contributed by atoms with Crippen LogP contribution < -0.4 is 19.6 Å². The summed E-state index contributed by atoms with van der Waals surface area (Å²) in [4.78, 5) is 0. The van der Waals surface area contributed by atoms with Gasteiger partial charge in [-0.3, -0.25) is 0 Å². The number of hydrogen-bond donors (Lipinski definition) is 1. The highest BCUT2D eigenvalue weighted by Crippen LogP contribution is 2.33. The summed E-state index contributed by atoms with van der Waals surface area (Å²) in [5.41, 5.74) is 5.02. The number of rotatable bonds is 10. The van der Waals surface area contributed by atoms with E-state index in [9.17, 15) is 0 Å². The minimum Gasteiger partial charge on any atom is -0.496 e. The van der Waals surface area contributed by atoms with E-state index in [0.717, 1.165) is 26.2 Å². The molecule has 0 radical (unpaired) electrons. The van der Waals surface area contributed by atoms with Crippen LogP contribution in [0.15, 0.2) is 54.2 Å². The monoisotopic (exact) mass is 466 g/mol. The van der Waals surface area contributed by atoms with Crippen molar-refractivity contribution in [3.05, 3.63) is 63.8 Å². The lowest BCUT2D eigenvalue weighted by molar-refractivity contribution is 0.295. The van der Waals surface area contributed by atoms with Crippen molar-refractivity contribution in [2.24, 2.45) is 5.10 Å². The fourth-order valence-corrected chi connectivity index (χ4v) is 3.09. The number of hydrazone groups is 1. The molecule has 0 unspecified atom stereocenters. The molecule has 0 saturated heterocycles. The Hall–Kier alpha value is -2.22. The van der Waals surface area contributed by atoms with E-state index < -0.39 is 0 Å². The van der Waals surface area contributed by atoms with Gasteiger partial charge in [-0.05, 0) is 53.3 Å². The summed E-state index contributed by atoms with van der Waals surface area (Å²) in [5.74, 6) is 2.27. The summed E-state index contributed by atoms with van der Waals surface area (Å²) in [5, 5.41) is 4.30. The predicted molar refractivity (Wildman–Crippen MR) is 113 cm³/mol. The zero-order valence-electron chi connectivity index (χ0n) is 15.0. The van der Waals surface area contributed by atoms with Crippen LogP contribution in [0.4, 0.5) is 0 Å². The second kappa shape index (κ2) is 10.7. The number of methoxy groups -OCH3 is 1. The van der Waals surface area contributed by atoms with Crippen LogP contribution in [-0.4, -0.2) is 26.5 Å². The maximum absolute atomic E-state index is 5.71. The van der Waals surface area contributed by atoms with Crippen molar-refractivity contribution in [2.45, 2.75) is 13.5 Å². The second-order valence-corrected chi connectivity index (χ2v) is 6.43. The van der Waals surface area contributed by atoms with Gasteiger partial charge in [0.1, 0.15) is 12.4 Å². The Bertz CT molecular complexity index is 763. The van der Waals surface area contributed by atoms with Crippen molar-refractivity contribution in [3.8, 4) is 17.2 Å². The topological polar surface area (TPSA) is 52.1 Å². The molecule has 2 aromatic rings. The van der Waals surface area contributed by atoms with Gasteiger partial charge in [0.2, 0.25) is 0 Å². The molecular weight excluding hydrogens is 443 g/mol. The summed E-state index contributed by atoms with van der Waals surface area (Å²) in [6.45, 7) is 7.20. The number of nitrogens with one attached hydrogen (secondary N) is 1. The maximum atomic E-state index is 5.71. The summed E-state index contributed by atoms with van der Waals surface area (Å²) in [7, 11) is 1.66. The first-order valence-corrected chi connectivity index (χ1v) is 9.35. The van der Waals surface area contributed by atoms with Crippen molar-refractivity contribution in [3.63, 3.8) is 0 Å². The minimum atomic E-state index is 0.434. The van der Waals surface area contributed by atoms with E-state index in [1.54, 1.807) is 19.4 Å². The average Bonchev–Trinajstić information content (AvgIpc) is 2.65. The van der Waals surface area contributed by atoms with Gasteiger partial charge in [0, 0.05) is 5.56 Å². The Morgan fingerprint density at radius 1 is 1.19 bits per heavy atom. The second-order valence-electron chi connectivity index (χ2n) is 5.27. The molecule has 2 aromatic carbocycles. The van der Waals surface area contributed by atoms with Gasteiger partial charge < -0.3 is 19.6 Å². The van der Waals surface area contributed by atoms with E-state index in [-0.39, 0.29) is 0 Å². The molecule has 0 amide bonds. The van der Waals surface area contributed by atoms with E-state index in [0.29, 0.717) is 25.5 Å². The zero-order chi connectivity index (χ0) is 18.8. The van der Waals surface area contributed by atoms with Crippen LogP contribution in [0.25, 0.3) is 0 Å². The zero-order valence-corrected chi connectivity index (χ0v) is 17.2. The normalized spacial score (nSPS) is 10.6. The first-order valence-electron chi connectivity index (χ1n) is 8.27. The van der Waals surface area contributed by atoms with Crippen molar-refractivity contribution >= 4 is 28.8 Å². The molecule has 0 aromatic heterocycles. The highest BCUT2D eigenvalue weighted by atomic mass is 127. The van der Waals surface area contributed by atoms with Crippen LogP contribution in [0.1, 0.15) is 18.1 Å². The third-order valence-corrected chi connectivity index (χ3v) is 4.25. The molecule has 0 saturated carbocycles. The lowest BCUT2D eigenvalue weighted by atomic mass is 10.2. The number of para-hydroxylation sites is 1. The van der Waals surface area contributed by atoms with Crippen LogP contribution in [0.3, 0.4) is 0 Å². The number of ether oxygens (including phenoxy) is 3. The van der Waals surface area contributed by atoms with Crippen molar-refractivity contribution in [1.29, 1.82) is 0 Å². The highest BCUT2D eigenvalue weighted by molar-refractivity contribution is 14.1. The molecule has 26 heavy (non-hydrogen) atoms. The van der Waals surface area contributed by atoms with Crippen molar-refractivity contribution < 1.29 is 14.2 Å². The van der Waals surface area contributed by atoms with Gasteiger partial charge in [-0.25, -0.2) is 0 Å². The van der Waals surface area contributed by atoms with Crippen LogP contribution in [0, 0.1) is 3.57 Å². The molecule has 2 rings (SSSR count). The van der Waals surface area contributed by atoms with E-state index in [2.05, 4.69) is 39.7 Å². The van der Waals surface area contributed by atoms with Crippen LogP contribution in [-0.2, 0) is 6.54 Å². The minimum absolute atomic E-state index is 0.434. The molecule has 0 spiro atoms. The predicted octanol–water partition coefficient (Wildman–Crippen LogP) is 4.39. The first-order chi connectivity index (χ1) is 12.7. The van der Waals surface area contributed by atoms with E-state index in [1.165, 1.54) is 0 Å². The fourth-order valence-electron chi connectivity index (χ4n) is 2.31. The summed E-state index contributed by atoms with van der Waals surface area (Å²) in [6.07, 6.45) is 3.47. The van der Waals surface area contributed by atoms with Gasteiger partial charge in [-0.1, -0.05) is 30.9 Å². The Labute approximate surface area is 168 Å². The van der Waals surface area contributed by atoms with E-state index in [4.69, 9.17) is 14.2 Å². The van der Waals surface area contributed by atoms with Gasteiger partial charge in [0.05, 0.1) is 30.0 Å². The molecule has 0 fully saturated rings. The highest BCUT2D eigenvalue weighted by Gasteiger charge is 2.11. The lowest BCUT2D eigenvalue weighted by Gasteiger charge is -2.13. The lowest BCUT2D eigenvalue weighted by Crippen LogP contribution is -2.07. The first kappa shape index (κ1) is 20.1. The van der Waals surface area contributed by atoms with Crippen LogP contribution in [0.2, 0.25) is 0 Å². The molecule has 0 atom stereocenters. The summed E-state index contributed by atoms with van der Waals surface area (Å²) in [6, 6.07) is 11.8. The summed E-state index contributed by atoms with van der Waals surface area (Å²) >= 11 is 2.23. The van der Waals surface area contributed by atoms with Gasteiger partial charge >= 0.3 is 0 Å². The van der Waals surface area contributed by atoms with Gasteiger partial charge in [0.25, 0.3) is 0 Å². The molecule has 1 N–H and O–H groups in total. The van der Waals surface area contributed by atoms with Crippen molar-refractivity contribution in [1.82, 2.24) is 5.43 Å². The Morgan fingerprint density at radius 3 is 2.73 bits per heavy atom. The summed E-state index contributed by atoms with van der Waals surface area (Å²) < 4.78 is 17.7. The third kappa shape index (κ3) is 5.66. The molecular formula is C20H23IN2O3. The Morgan fingerprint density at radius 2 is 2.00 bits per heavy atom. The maximum Gasteiger partial charge on any atom is 0.174 e. The molecule has 5 nitrogen and oxygen atoms in total. The Kier molecular flexibility index (Phi) is 8.27. The molecule has 138 valence electrons. The van der Waals surface area contributed by atoms with E-state index >= 15 is 0 Å². The average molecular weight is 466 g/mol. The SMILES string of the molecule is C=CCOc1c(I)cc(/C=N\NCc2ccccc2OC)cc1OCC. The smallest absolute Gasteiger partial charge is 0.174 e. The van der Waals surface area contributed by atoms with Crippen molar-refractivity contribution in [2.75, 3.05) is 20.3 Å². The molecule has 6 heteroatoms. The van der Waals surface area contributed by atoms with Gasteiger partial charge in [0.15, 0.2) is 11.5 Å². The molecule has 0 aliphatic carbocycles.